The van der Waals surface area contributed by atoms with Crippen LogP contribution in [0.15, 0.2) is 12.4 Å². The molecule has 4 nitrogen and oxygen atoms in total. The lowest BCUT2D eigenvalue weighted by atomic mass is 9.94. The molecule has 0 saturated heterocycles. The Morgan fingerprint density at radius 2 is 2.16 bits per heavy atom. The van der Waals surface area contributed by atoms with Crippen LogP contribution in [0, 0.1) is 5.92 Å². The maximum atomic E-state index is 10.4. The topological polar surface area (TPSA) is 50.1 Å². The minimum absolute atomic E-state index is 0.263. The van der Waals surface area contributed by atoms with Crippen LogP contribution in [0.1, 0.15) is 58.6 Å². The Kier molecular flexibility index (Phi) is 6.01. The van der Waals surface area contributed by atoms with Crippen molar-refractivity contribution in [3.8, 4) is 0 Å². The van der Waals surface area contributed by atoms with E-state index in [4.69, 9.17) is 0 Å². The molecule has 1 heterocycles. The number of nitrogens with zero attached hydrogens (tertiary/aromatic N) is 2. The van der Waals surface area contributed by atoms with Crippen LogP contribution in [0.4, 0.5) is 0 Å². The van der Waals surface area contributed by atoms with Gasteiger partial charge in [-0.3, -0.25) is 4.68 Å². The summed E-state index contributed by atoms with van der Waals surface area (Å²) in [5, 5.41) is 18.0. The second-order valence-electron chi connectivity index (χ2n) is 6.22. The van der Waals surface area contributed by atoms with E-state index in [0.717, 1.165) is 19.3 Å². The summed E-state index contributed by atoms with van der Waals surface area (Å²) < 4.78 is 1.82. The highest BCUT2D eigenvalue weighted by atomic mass is 16.3. The molecular formula is C15H29N3O. The lowest BCUT2D eigenvalue weighted by molar-refractivity contribution is 0.0424. The summed E-state index contributed by atoms with van der Waals surface area (Å²) >= 11 is 0. The molecular weight excluding hydrogens is 238 g/mol. The van der Waals surface area contributed by atoms with E-state index in [0.29, 0.717) is 12.5 Å². The zero-order chi connectivity index (χ0) is 14.5. The summed E-state index contributed by atoms with van der Waals surface area (Å²) in [6.07, 6.45) is 6.81. The van der Waals surface area contributed by atoms with Gasteiger partial charge < -0.3 is 10.4 Å². The second kappa shape index (κ2) is 7.06. The molecule has 1 aromatic rings. The molecule has 0 amide bonds. The van der Waals surface area contributed by atoms with Gasteiger partial charge in [0.1, 0.15) is 0 Å². The van der Waals surface area contributed by atoms with Gasteiger partial charge in [0.05, 0.1) is 11.8 Å². The third kappa shape index (κ3) is 5.74. The smallest absolute Gasteiger partial charge is 0.0743 e. The van der Waals surface area contributed by atoms with E-state index in [1.807, 2.05) is 31.0 Å². The van der Waals surface area contributed by atoms with Crippen molar-refractivity contribution in [1.29, 1.82) is 0 Å². The summed E-state index contributed by atoms with van der Waals surface area (Å²) in [5.74, 6) is 0.631. The summed E-state index contributed by atoms with van der Waals surface area (Å²) in [6.45, 7) is 9.06. The highest BCUT2D eigenvalue weighted by Gasteiger charge is 2.22. The molecule has 0 aliphatic heterocycles. The monoisotopic (exact) mass is 267 g/mol. The Bertz CT molecular complexity index is 371. The molecule has 2 atom stereocenters. The highest BCUT2D eigenvalue weighted by molar-refractivity contribution is 5.10. The minimum Gasteiger partial charge on any atom is -0.389 e. The quantitative estimate of drug-likeness (QED) is 0.761. The molecule has 2 unspecified atom stereocenters. The van der Waals surface area contributed by atoms with Gasteiger partial charge in [-0.2, -0.15) is 5.10 Å². The van der Waals surface area contributed by atoms with Crippen molar-refractivity contribution in [1.82, 2.24) is 15.1 Å². The fourth-order valence-electron chi connectivity index (χ4n) is 2.15. The average Bonchev–Trinajstić information content (AvgIpc) is 2.74. The lowest BCUT2D eigenvalue weighted by Gasteiger charge is -2.27. The summed E-state index contributed by atoms with van der Waals surface area (Å²) in [4.78, 5) is 0. The number of rotatable bonds is 8. The van der Waals surface area contributed by atoms with Gasteiger partial charge >= 0.3 is 0 Å². The molecule has 1 aromatic heterocycles. The Balaban J connectivity index is 2.48. The predicted octanol–water partition coefficient (Wildman–Crippen LogP) is 2.65. The van der Waals surface area contributed by atoms with Crippen LogP contribution in [0.3, 0.4) is 0 Å². The van der Waals surface area contributed by atoms with Gasteiger partial charge in [0.2, 0.25) is 0 Å². The van der Waals surface area contributed by atoms with Crippen LogP contribution in [0.25, 0.3) is 0 Å². The third-order valence-electron chi connectivity index (χ3n) is 3.53. The van der Waals surface area contributed by atoms with Crippen LogP contribution >= 0.6 is 0 Å². The van der Waals surface area contributed by atoms with E-state index in [1.165, 1.54) is 5.56 Å². The van der Waals surface area contributed by atoms with Gasteiger partial charge in [-0.15, -0.1) is 0 Å². The summed E-state index contributed by atoms with van der Waals surface area (Å²) in [7, 11) is 1.93. The minimum atomic E-state index is -0.639. The zero-order valence-electron chi connectivity index (χ0n) is 13.0. The van der Waals surface area contributed by atoms with Gasteiger partial charge in [0, 0.05) is 31.4 Å². The number of hydrogen-bond acceptors (Lipinski definition) is 3. The molecule has 19 heavy (non-hydrogen) atoms. The molecule has 1 rings (SSSR count). The fourth-order valence-corrected chi connectivity index (χ4v) is 2.15. The molecule has 0 aliphatic rings. The molecule has 0 fully saturated rings. The molecule has 0 aliphatic carbocycles. The van der Waals surface area contributed by atoms with Crippen molar-refractivity contribution in [2.45, 2.75) is 58.6 Å². The molecule has 0 saturated carbocycles. The Hall–Kier alpha value is -0.870. The van der Waals surface area contributed by atoms with Crippen LogP contribution in [0.5, 0.6) is 0 Å². The van der Waals surface area contributed by atoms with Gasteiger partial charge in [-0.1, -0.05) is 20.8 Å². The van der Waals surface area contributed by atoms with Crippen LogP contribution in [0.2, 0.25) is 0 Å². The number of hydrogen-bond donors (Lipinski definition) is 2. The standard InChI is InChI=1S/C15H29N3O/c1-6-14(13-9-17-18(5)10-13)16-11-15(4,19)8-7-12(2)3/h9-10,12,14,16,19H,6-8,11H2,1-5H3. The van der Waals surface area contributed by atoms with Crippen molar-refractivity contribution in [2.75, 3.05) is 6.54 Å². The first-order chi connectivity index (χ1) is 8.84. The van der Waals surface area contributed by atoms with Crippen LogP contribution < -0.4 is 5.32 Å². The van der Waals surface area contributed by atoms with E-state index in [-0.39, 0.29) is 6.04 Å². The van der Waals surface area contributed by atoms with Crippen molar-refractivity contribution < 1.29 is 5.11 Å². The summed E-state index contributed by atoms with van der Waals surface area (Å²) in [6, 6.07) is 0.263. The van der Waals surface area contributed by atoms with E-state index in [9.17, 15) is 5.11 Å². The number of nitrogens with one attached hydrogen (secondary N) is 1. The highest BCUT2D eigenvalue weighted by Crippen LogP contribution is 2.19. The summed E-state index contributed by atoms with van der Waals surface area (Å²) in [5.41, 5.74) is 0.546. The fraction of sp³-hybridized carbons (Fsp3) is 0.800. The molecule has 110 valence electrons. The first-order valence-corrected chi connectivity index (χ1v) is 7.28. The Labute approximate surface area is 117 Å². The molecule has 0 spiro atoms. The molecule has 0 bridgehead atoms. The lowest BCUT2D eigenvalue weighted by Crippen LogP contribution is -2.39. The van der Waals surface area contributed by atoms with E-state index >= 15 is 0 Å². The maximum Gasteiger partial charge on any atom is 0.0743 e. The normalized spacial score (nSPS) is 16.6. The van der Waals surface area contributed by atoms with Crippen LogP contribution in [-0.4, -0.2) is 27.0 Å². The number of aliphatic hydroxyl groups is 1. The molecule has 4 heteroatoms. The molecule has 0 aromatic carbocycles. The average molecular weight is 267 g/mol. The van der Waals surface area contributed by atoms with E-state index < -0.39 is 5.60 Å². The van der Waals surface area contributed by atoms with Gasteiger partial charge in [-0.25, -0.2) is 0 Å². The molecule has 0 radical (unpaired) electrons. The van der Waals surface area contributed by atoms with Gasteiger partial charge in [0.25, 0.3) is 0 Å². The van der Waals surface area contributed by atoms with E-state index in [2.05, 4.69) is 31.2 Å². The van der Waals surface area contributed by atoms with Crippen molar-refractivity contribution in [3.63, 3.8) is 0 Å². The number of aromatic nitrogens is 2. The second-order valence-corrected chi connectivity index (χ2v) is 6.22. The van der Waals surface area contributed by atoms with Crippen LogP contribution in [-0.2, 0) is 7.05 Å². The first kappa shape index (κ1) is 16.2. The van der Waals surface area contributed by atoms with Gasteiger partial charge in [0.15, 0.2) is 0 Å². The van der Waals surface area contributed by atoms with Crippen molar-refractivity contribution in [3.05, 3.63) is 18.0 Å². The Morgan fingerprint density at radius 1 is 1.47 bits per heavy atom. The SMILES string of the molecule is CCC(NCC(C)(O)CCC(C)C)c1cnn(C)c1. The third-order valence-corrected chi connectivity index (χ3v) is 3.53. The van der Waals surface area contributed by atoms with E-state index in [1.54, 1.807) is 0 Å². The zero-order valence-corrected chi connectivity index (χ0v) is 13.0. The van der Waals surface area contributed by atoms with Crippen molar-refractivity contribution >= 4 is 0 Å². The Morgan fingerprint density at radius 3 is 2.63 bits per heavy atom. The largest absolute Gasteiger partial charge is 0.389 e. The van der Waals surface area contributed by atoms with Gasteiger partial charge in [-0.05, 0) is 32.1 Å². The van der Waals surface area contributed by atoms with Crippen molar-refractivity contribution in [2.24, 2.45) is 13.0 Å². The maximum absolute atomic E-state index is 10.4. The predicted molar refractivity (Wildman–Crippen MR) is 78.9 cm³/mol. The number of aryl methyl sites for hydroxylation is 1. The first-order valence-electron chi connectivity index (χ1n) is 7.28. The molecule has 2 N–H and O–H groups in total.